The summed E-state index contributed by atoms with van der Waals surface area (Å²) in [5.41, 5.74) is 0.723. The zero-order valence-corrected chi connectivity index (χ0v) is 13.3. The van der Waals surface area contributed by atoms with Gasteiger partial charge in [0.2, 0.25) is 0 Å². The molecule has 0 saturated heterocycles. The summed E-state index contributed by atoms with van der Waals surface area (Å²) in [6.07, 6.45) is 0.469. The molecule has 0 aliphatic rings. The van der Waals surface area contributed by atoms with Crippen molar-refractivity contribution in [1.29, 1.82) is 0 Å². The molecule has 24 heavy (non-hydrogen) atoms. The van der Waals surface area contributed by atoms with Crippen LogP contribution in [0.15, 0.2) is 57.7 Å². The summed E-state index contributed by atoms with van der Waals surface area (Å²) in [6.45, 7) is 0.296. The molecule has 6 heteroatoms. The molecule has 4 nitrogen and oxygen atoms in total. The van der Waals surface area contributed by atoms with Gasteiger partial charge in [-0.15, -0.1) is 0 Å². The maximum Gasteiger partial charge on any atom is 0.287 e. The van der Waals surface area contributed by atoms with Gasteiger partial charge in [0.05, 0.1) is 5.39 Å². The standard InChI is InChI=1S/C18H13ClFNO3/c19-12-4-5-16-14(9-12)15(22)10-17(24-16)18(23)21-7-6-11-2-1-3-13(20)8-11/h1-5,8-10H,6-7H2,(H,21,23). The van der Waals surface area contributed by atoms with Gasteiger partial charge in [-0.2, -0.15) is 0 Å². The Labute approximate surface area is 141 Å². The van der Waals surface area contributed by atoms with Crippen LogP contribution in [0.2, 0.25) is 5.02 Å². The monoisotopic (exact) mass is 345 g/mol. The van der Waals surface area contributed by atoms with Crippen LogP contribution in [0.4, 0.5) is 4.39 Å². The number of hydrogen-bond acceptors (Lipinski definition) is 3. The molecule has 0 aliphatic heterocycles. The average molecular weight is 346 g/mol. The summed E-state index contributed by atoms with van der Waals surface area (Å²) >= 11 is 5.84. The fraction of sp³-hybridized carbons (Fsp3) is 0.111. The van der Waals surface area contributed by atoms with Gasteiger partial charge in [-0.1, -0.05) is 23.7 Å². The van der Waals surface area contributed by atoms with Crippen molar-refractivity contribution in [2.75, 3.05) is 6.54 Å². The highest BCUT2D eigenvalue weighted by Gasteiger charge is 2.12. The van der Waals surface area contributed by atoms with Gasteiger partial charge in [0, 0.05) is 17.6 Å². The SMILES string of the molecule is O=C(NCCc1cccc(F)c1)c1cc(=O)c2cc(Cl)ccc2o1. The van der Waals surface area contributed by atoms with Gasteiger partial charge in [0.25, 0.3) is 5.91 Å². The highest BCUT2D eigenvalue weighted by Crippen LogP contribution is 2.17. The minimum Gasteiger partial charge on any atom is -0.451 e. The molecule has 1 aromatic heterocycles. The smallest absolute Gasteiger partial charge is 0.287 e. The van der Waals surface area contributed by atoms with Crippen LogP contribution in [0, 0.1) is 5.82 Å². The Morgan fingerprint density at radius 1 is 1.17 bits per heavy atom. The number of nitrogens with one attached hydrogen (secondary N) is 1. The number of benzene rings is 2. The van der Waals surface area contributed by atoms with Crippen molar-refractivity contribution in [3.8, 4) is 0 Å². The Morgan fingerprint density at radius 2 is 2.00 bits per heavy atom. The molecule has 1 amide bonds. The number of carbonyl (C=O) groups is 1. The molecule has 0 bridgehead atoms. The van der Waals surface area contributed by atoms with E-state index in [1.807, 2.05) is 0 Å². The maximum absolute atomic E-state index is 13.1. The zero-order valence-electron chi connectivity index (χ0n) is 12.5. The van der Waals surface area contributed by atoms with E-state index < -0.39 is 5.91 Å². The van der Waals surface area contributed by atoms with Crippen LogP contribution in [-0.2, 0) is 6.42 Å². The molecule has 3 rings (SSSR count). The van der Waals surface area contributed by atoms with Crippen molar-refractivity contribution >= 4 is 28.5 Å². The first-order valence-corrected chi connectivity index (χ1v) is 7.67. The summed E-state index contributed by atoms with van der Waals surface area (Å²) in [6, 6.07) is 11.9. The molecular formula is C18H13ClFNO3. The van der Waals surface area contributed by atoms with E-state index in [0.29, 0.717) is 29.0 Å². The Kier molecular flexibility index (Phi) is 4.62. The molecule has 3 aromatic rings. The molecule has 0 radical (unpaired) electrons. The van der Waals surface area contributed by atoms with E-state index in [1.54, 1.807) is 24.3 Å². The third-order valence-corrected chi connectivity index (χ3v) is 3.74. The summed E-state index contributed by atoms with van der Waals surface area (Å²) in [4.78, 5) is 24.2. The largest absolute Gasteiger partial charge is 0.451 e. The number of carbonyl (C=O) groups excluding carboxylic acids is 1. The minimum atomic E-state index is -0.500. The quantitative estimate of drug-likeness (QED) is 0.786. The number of rotatable bonds is 4. The van der Waals surface area contributed by atoms with Crippen molar-refractivity contribution in [2.45, 2.75) is 6.42 Å². The third kappa shape index (κ3) is 3.63. The van der Waals surface area contributed by atoms with E-state index >= 15 is 0 Å². The first kappa shape index (κ1) is 16.2. The highest BCUT2D eigenvalue weighted by atomic mass is 35.5. The summed E-state index contributed by atoms with van der Waals surface area (Å²) in [5, 5.41) is 3.39. The van der Waals surface area contributed by atoms with Crippen LogP contribution in [0.5, 0.6) is 0 Å². The first-order chi connectivity index (χ1) is 11.5. The number of amides is 1. The Bertz CT molecular complexity index is 968. The van der Waals surface area contributed by atoms with E-state index in [9.17, 15) is 14.0 Å². The summed E-state index contributed by atoms with van der Waals surface area (Å²) < 4.78 is 18.5. The van der Waals surface area contributed by atoms with E-state index in [0.717, 1.165) is 11.6 Å². The van der Waals surface area contributed by atoms with Crippen molar-refractivity contribution in [3.05, 3.63) is 80.9 Å². The minimum absolute atomic E-state index is 0.0749. The average Bonchev–Trinajstić information content (AvgIpc) is 2.55. The van der Waals surface area contributed by atoms with Gasteiger partial charge in [0.1, 0.15) is 11.4 Å². The molecule has 0 aliphatic carbocycles. The second-order valence-corrected chi connectivity index (χ2v) is 5.69. The molecule has 122 valence electrons. The van der Waals surface area contributed by atoms with Gasteiger partial charge in [-0.3, -0.25) is 9.59 Å². The van der Waals surface area contributed by atoms with Gasteiger partial charge in [-0.25, -0.2) is 4.39 Å². The molecule has 0 spiro atoms. The van der Waals surface area contributed by atoms with E-state index in [2.05, 4.69) is 5.32 Å². The van der Waals surface area contributed by atoms with E-state index in [1.165, 1.54) is 18.2 Å². The van der Waals surface area contributed by atoms with Crippen LogP contribution >= 0.6 is 11.6 Å². The topological polar surface area (TPSA) is 59.3 Å². The molecule has 2 aromatic carbocycles. The normalized spacial score (nSPS) is 10.8. The number of halogens is 2. The predicted molar refractivity (Wildman–Crippen MR) is 89.9 cm³/mol. The lowest BCUT2D eigenvalue weighted by Crippen LogP contribution is -2.26. The Balaban J connectivity index is 1.72. The van der Waals surface area contributed by atoms with Crippen LogP contribution in [0.1, 0.15) is 16.1 Å². The second-order valence-electron chi connectivity index (χ2n) is 5.25. The summed E-state index contributed by atoms with van der Waals surface area (Å²) in [7, 11) is 0. The van der Waals surface area contributed by atoms with Crippen molar-refractivity contribution < 1.29 is 13.6 Å². The third-order valence-electron chi connectivity index (χ3n) is 3.50. The van der Waals surface area contributed by atoms with Crippen molar-refractivity contribution in [3.63, 3.8) is 0 Å². The van der Waals surface area contributed by atoms with Crippen molar-refractivity contribution in [1.82, 2.24) is 5.32 Å². The molecule has 0 unspecified atom stereocenters. The zero-order chi connectivity index (χ0) is 17.1. The molecule has 0 fully saturated rings. The van der Waals surface area contributed by atoms with Crippen LogP contribution in [0.25, 0.3) is 11.0 Å². The number of hydrogen-bond donors (Lipinski definition) is 1. The fourth-order valence-electron chi connectivity index (χ4n) is 2.34. The second kappa shape index (κ2) is 6.84. The maximum atomic E-state index is 13.1. The number of fused-ring (bicyclic) bond motifs is 1. The van der Waals surface area contributed by atoms with E-state index in [-0.39, 0.29) is 17.0 Å². The fourth-order valence-corrected chi connectivity index (χ4v) is 2.51. The molecular weight excluding hydrogens is 333 g/mol. The van der Waals surface area contributed by atoms with Crippen LogP contribution in [0.3, 0.4) is 0 Å². The highest BCUT2D eigenvalue weighted by molar-refractivity contribution is 6.31. The van der Waals surface area contributed by atoms with Crippen LogP contribution < -0.4 is 10.7 Å². The van der Waals surface area contributed by atoms with Crippen molar-refractivity contribution in [2.24, 2.45) is 0 Å². The lowest BCUT2D eigenvalue weighted by atomic mass is 10.1. The van der Waals surface area contributed by atoms with E-state index in [4.69, 9.17) is 16.0 Å². The van der Waals surface area contributed by atoms with Crippen LogP contribution in [-0.4, -0.2) is 12.5 Å². The Morgan fingerprint density at radius 3 is 2.79 bits per heavy atom. The molecule has 1 N–H and O–H groups in total. The summed E-state index contributed by atoms with van der Waals surface area (Å²) in [5.74, 6) is -0.896. The predicted octanol–water partition coefficient (Wildman–Crippen LogP) is 3.56. The van der Waals surface area contributed by atoms with Gasteiger partial charge >= 0.3 is 0 Å². The first-order valence-electron chi connectivity index (χ1n) is 7.29. The van der Waals surface area contributed by atoms with Gasteiger partial charge in [-0.05, 0) is 42.3 Å². The Hall–Kier alpha value is -2.66. The van der Waals surface area contributed by atoms with Gasteiger partial charge < -0.3 is 9.73 Å². The molecule has 0 saturated carbocycles. The lowest BCUT2D eigenvalue weighted by molar-refractivity contribution is 0.0927. The molecule has 1 heterocycles. The molecule has 0 atom stereocenters. The van der Waals surface area contributed by atoms with Gasteiger partial charge in [0.15, 0.2) is 11.2 Å². The lowest BCUT2D eigenvalue weighted by Gasteiger charge is -2.06.